The van der Waals surface area contributed by atoms with Crippen LogP contribution in [0.5, 0.6) is 5.75 Å². The van der Waals surface area contributed by atoms with Gasteiger partial charge in [0.1, 0.15) is 54.6 Å². The summed E-state index contributed by atoms with van der Waals surface area (Å²) in [5, 5.41) is 71.4. The summed E-state index contributed by atoms with van der Waals surface area (Å²) in [6, 6.07) is 5.59. The largest absolute Gasteiger partial charge is 0.516 e. The zero-order chi connectivity index (χ0) is 31.3. The number of carbonyl (C=O) groups is 1. The molecule has 1 aromatic carbocycles. The standard InChI is InChI=1S/C28H44O14/c1-6-18(40-28(36)42-23-14(12(2)3)8-7-9-15(23)13(4)5)39-25-19(31)16(10-29)38-27(22(25)34)41-24-17(11-30)37-26(35)21(33)20(24)32/h7-9,12-13,16-22,24-27,29-35H,6,10-11H2,1-5H3/t16-,17-,18?,19-,20-,21-,22-,24-,25+,26-,27-/m1/s1. The molecule has 14 nitrogen and oxygen atoms in total. The van der Waals surface area contributed by atoms with Crippen molar-refractivity contribution in [2.75, 3.05) is 13.2 Å². The number of hydrogen-bond acceptors (Lipinski definition) is 14. The predicted octanol–water partition coefficient (Wildman–Crippen LogP) is -0.174. The lowest BCUT2D eigenvalue weighted by Crippen LogP contribution is -2.65. The van der Waals surface area contributed by atoms with Crippen molar-refractivity contribution in [3.8, 4) is 5.75 Å². The number of para-hydroxylation sites is 1. The van der Waals surface area contributed by atoms with Crippen LogP contribution in [0, 0.1) is 0 Å². The van der Waals surface area contributed by atoms with Gasteiger partial charge in [0.25, 0.3) is 0 Å². The van der Waals surface area contributed by atoms with E-state index in [9.17, 15) is 40.5 Å². The quantitative estimate of drug-likeness (QED) is 0.0992. The van der Waals surface area contributed by atoms with Crippen LogP contribution in [0.25, 0.3) is 0 Å². The van der Waals surface area contributed by atoms with E-state index in [-0.39, 0.29) is 18.3 Å². The second-order valence-electron chi connectivity index (χ2n) is 11.0. The molecule has 1 unspecified atom stereocenters. The number of aliphatic hydroxyl groups is 7. The molecule has 42 heavy (non-hydrogen) atoms. The maximum Gasteiger partial charge on any atom is 0.516 e. The van der Waals surface area contributed by atoms with Crippen LogP contribution in [0.15, 0.2) is 18.2 Å². The third kappa shape index (κ3) is 7.76. The summed E-state index contributed by atoms with van der Waals surface area (Å²) < 4.78 is 33.0. The monoisotopic (exact) mass is 604 g/mol. The molecule has 2 fully saturated rings. The number of rotatable bonds is 11. The molecule has 2 aliphatic heterocycles. The molecule has 2 heterocycles. The molecular formula is C28H44O14. The van der Waals surface area contributed by atoms with E-state index in [1.165, 1.54) is 0 Å². The minimum atomic E-state index is -1.80. The molecule has 0 aliphatic carbocycles. The van der Waals surface area contributed by atoms with Crippen molar-refractivity contribution in [2.24, 2.45) is 0 Å². The highest BCUT2D eigenvalue weighted by molar-refractivity contribution is 5.66. The molecule has 7 N–H and O–H groups in total. The van der Waals surface area contributed by atoms with Crippen LogP contribution >= 0.6 is 0 Å². The van der Waals surface area contributed by atoms with Gasteiger partial charge in [0, 0.05) is 6.42 Å². The van der Waals surface area contributed by atoms with E-state index in [0.29, 0.717) is 5.75 Å². The molecule has 1 aromatic rings. The lowest BCUT2D eigenvalue weighted by atomic mass is 9.94. The highest BCUT2D eigenvalue weighted by atomic mass is 16.8. The Morgan fingerprint density at radius 1 is 0.833 bits per heavy atom. The summed E-state index contributed by atoms with van der Waals surface area (Å²) in [6.07, 6.45) is -18.4. The Kier molecular flexibility index (Phi) is 12.5. The van der Waals surface area contributed by atoms with Crippen molar-refractivity contribution in [3.05, 3.63) is 29.3 Å². The van der Waals surface area contributed by atoms with E-state index in [0.717, 1.165) is 11.1 Å². The van der Waals surface area contributed by atoms with Gasteiger partial charge in [0.05, 0.1) is 13.2 Å². The van der Waals surface area contributed by atoms with E-state index >= 15 is 0 Å². The van der Waals surface area contributed by atoms with E-state index < -0.39 is 87.1 Å². The van der Waals surface area contributed by atoms with Crippen LogP contribution in [0.2, 0.25) is 0 Å². The summed E-state index contributed by atoms with van der Waals surface area (Å²) in [4.78, 5) is 12.9. The topological polar surface area (TPSA) is 214 Å². The summed E-state index contributed by atoms with van der Waals surface area (Å²) in [5.74, 6) is 0.473. The summed E-state index contributed by atoms with van der Waals surface area (Å²) in [6.45, 7) is 8.02. The second-order valence-corrected chi connectivity index (χ2v) is 11.0. The molecule has 0 bridgehead atoms. The van der Waals surface area contributed by atoms with Gasteiger partial charge in [-0.3, -0.25) is 0 Å². The van der Waals surface area contributed by atoms with Crippen LogP contribution in [-0.4, -0.2) is 123 Å². The van der Waals surface area contributed by atoms with Gasteiger partial charge in [-0.25, -0.2) is 4.79 Å². The fourth-order valence-electron chi connectivity index (χ4n) is 4.91. The summed E-state index contributed by atoms with van der Waals surface area (Å²) in [5.41, 5.74) is 1.61. The van der Waals surface area contributed by atoms with Crippen molar-refractivity contribution in [2.45, 2.75) is 121 Å². The fraction of sp³-hybridized carbons (Fsp3) is 0.750. The Morgan fingerprint density at radius 3 is 1.95 bits per heavy atom. The minimum Gasteiger partial charge on any atom is -0.404 e. The van der Waals surface area contributed by atoms with Gasteiger partial charge in [0.2, 0.25) is 6.29 Å². The van der Waals surface area contributed by atoms with Gasteiger partial charge in [-0.05, 0) is 23.0 Å². The Labute approximate surface area is 244 Å². The van der Waals surface area contributed by atoms with Gasteiger partial charge in [-0.1, -0.05) is 52.8 Å². The first kappa shape index (κ1) is 34.5. The molecule has 3 rings (SSSR count). The summed E-state index contributed by atoms with van der Waals surface area (Å²) in [7, 11) is 0. The van der Waals surface area contributed by atoms with Gasteiger partial charge in [-0.15, -0.1) is 0 Å². The molecule has 0 spiro atoms. The smallest absolute Gasteiger partial charge is 0.404 e. The molecule has 2 aliphatic rings. The number of aliphatic hydroxyl groups excluding tert-OH is 7. The summed E-state index contributed by atoms with van der Waals surface area (Å²) >= 11 is 0. The number of carbonyl (C=O) groups excluding carboxylic acids is 1. The third-order valence-corrected chi connectivity index (χ3v) is 7.33. The molecule has 11 atom stereocenters. The normalized spacial score (nSPS) is 34.4. The first-order chi connectivity index (χ1) is 19.8. The Morgan fingerprint density at radius 2 is 1.43 bits per heavy atom. The first-order valence-electron chi connectivity index (χ1n) is 14.1. The lowest BCUT2D eigenvalue weighted by molar-refractivity contribution is -0.364. The van der Waals surface area contributed by atoms with Gasteiger partial charge in [-0.2, -0.15) is 0 Å². The van der Waals surface area contributed by atoms with Crippen molar-refractivity contribution in [1.29, 1.82) is 0 Å². The maximum atomic E-state index is 12.9. The second kappa shape index (κ2) is 15.2. The number of hydrogen-bond donors (Lipinski definition) is 7. The van der Waals surface area contributed by atoms with E-state index in [1.807, 2.05) is 45.9 Å². The van der Waals surface area contributed by atoms with Gasteiger partial charge < -0.3 is 64.2 Å². The Balaban J connectivity index is 1.76. The highest BCUT2D eigenvalue weighted by Crippen LogP contribution is 2.35. The Bertz CT molecular complexity index is 977. The van der Waals surface area contributed by atoms with E-state index in [2.05, 4.69) is 0 Å². The molecular weight excluding hydrogens is 560 g/mol. The maximum absolute atomic E-state index is 12.9. The van der Waals surface area contributed by atoms with Gasteiger partial charge >= 0.3 is 6.16 Å². The van der Waals surface area contributed by atoms with E-state index in [4.69, 9.17) is 28.4 Å². The first-order valence-corrected chi connectivity index (χ1v) is 14.1. The van der Waals surface area contributed by atoms with Crippen LogP contribution in [0.1, 0.15) is 64.0 Å². The van der Waals surface area contributed by atoms with Crippen LogP contribution in [0.3, 0.4) is 0 Å². The third-order valence-electron chi connectivity index (χ3n) is 7.33. The predicted molar refractivity (Wildman–Crippen MR) is 143 cm³/mol. The zero-order valence-corrected chi connectivity index (χ0v) is 24.3. The average molecular weight is 605 g/mol. The van der Waals surface area contributed by atoms with Crippen molar-refractivity contribution >= 4 is 6.16 Å². The average Bonchev–Trinajstić information content (AvgIpc) is 2.95. The molecule has 0 radical (unpaired) electrons. The van der Waals surface area contributed by atoms with Crippen molar-refractivity contribution < 1.29 is 69.0 Å². The molecule has 240 valence electrons. The highest BCUT2D eigenvalue weighted by Gasteiger charge is 2.51. The molecule has 14 heteroatoms. The van der Waals surface area contributed by atoms with Crippen LogP contribution in [-0.2, 0) is 23.7 Å². The fourth-order valence-corrected chi connectivity index (χ4v) is 4.91. The van der Waals surface area contributed by atoms with Crippen LogP contribution in [0.4, 0.5) is 4.79 Å². The Hall–Kier alpha value is -1.95. The number of benzene rings is 1. The lowest BCUT2D eigenvalue weighted by Gasteiger charge is -2.46. The zero-order valence-electron chi connectivity index (χ0n) is 24.3. The van der Waals surface area contributed by atoms with E-state index in [1.54, 1.807) is 6.92 Å². The number of ether oxygens (including phenoxy) is 6. The SMILES string of the molecule is CCC(OC(=O)Oc1c(C(C)C)cccc1C(C)C)O[C@@H]1[C@@H](O)[C@@H](O[C@H]2[C@H](O)[C@@H](O)[C@H](O)O[C@@H]2CO)O[C@H](CO)[C@H]1O. The van der Waals surface area contributed by atoms with Crippen LogP contribution < -0.4 is 4.74 Å². The van der Waals surface area contributed by atoms with Gasteiger partial charge in [0.15, 0.2) is 12.6 Å². The molecule has 2 saturated heterocycles. The van der Waals surface area contributed by atoms with Crippen molar-refractivity contribution in [3.63, 3.8) is 0 Å². The molecule has 0 amide bonds. The molecule has 0 aromatic heterocycles. The van der Waals surface area contributed by atoms with Crippen molar-refractivity contribution in [1.82, 2.24) is 0 Å². The minimum absolute atomic E-state index is 0.0486. The molecule has 0 saturated carbocycles.